The van der Waals surface area contributed by atoms with Crippen molar-refractivity contribution in [3.05, 3.63) is 29.1 Å². The lowest BCUT2D eigenvalue weighted by atomic mass is 9.97. The van der Waals surface area contributed by atoms with Crippen molar-refractivity contribution in [2.24, 2.45) is 5.73 Å². The SMILES string of the molecule is CCc1cc(C(C)CN)c(OC)cc1F. The molecular weight excluding hydrogens is 193 g/mol. The molecule has 0 fully saturated rings. The average molecular weight is 211 g/mol. The highest BCUT2D eigenvalue weighted by Gasteiger charge is 2.13. The first-order chi connectivity index (χ1) is 7.13. The second kappa shape index (κ2) is 5.12. The van der Waals surface area contributed by atoms with Crippen LogP contribution in [0.25, 0.3) is 0 Å². The Kier molecular flexibility index (Phi) is 4.09. The third-order valence-corrected chi connectivity index (χ3v) is 2.66. The first kappa shape index (κ1) is 12.0. The van der Waals surface area contributed by atoms with Crippen LogP contribution in [0.1, 0.15) is 30.9 Å². The van der Waals surface area contributed by atoms with E-state index in [1.807, 2.05) is 19.9 Å². The molecule has 1 unspecified atom stereocenters. The van der Waals surface area contributed by atoms with Crippen LogP contribution in [0, 0.1) is 5.82 Å². The first-order valence-corrected chi connectivity index (χ1v) is 5.20. The van der Waals surface area contributed by atoms with Crippen molar-refractivity contribution >= 4 is 0 Å². The van der Waals surface area contributed by atoms with Crippen molar-refractivity contribution in [1.29, 1.82) is 0 Å². The van der Waals surface area contributed by atoms with Gasteiger partial charge in [0, 0.05) is 6.07 Å². The van der Waals surface area contributed by atoms with Gasteiger partial charge in [0.2, 0.25) is 0 Å². The van der Waals surface area contributed by atoms with Gasteiger partial charge in [0.15, 0.2) is 0 Å². The van der Waals surface area contributed by atoms with Crippen LogP contribution in [0.4, 0.5) is 4.39 Å². The Labute approximate surface area is 90.2 Å². The fraction of sp³-hybridized carbons (Fsp3) is 0.500. The molecule has 0 amide bonds. The van der Waals surface area contributed by atoms with Crippen LogP contribution in [0.3, 0.4) is 0 Å². The lowest BCUT2D eigenvalue weighted by Gasteiger charge is -2.15. The molecule has 1 atom stereocenters. The molecule has 0 aliphatic carbocycles. The second-order valence-electron chi connectivity index (χ2n) is 3.68. The topological polar surface area (TPSA) is 35.2 Å². The maximum absolute atomic E-state index is 13.5. The van der Waals surface area contributed by atoms with E-state index in [-0.39, 0.29) is 11.7 Å². The summed E-state index contributed by atoms with van der Waals surface area (Å²) < 4.78 is 18.6. The van der Waals surface area contributed by atoms with Gasteiger partial charge in [-0.3, -0.25) is 0 Å². The molecule has 84 valence electrons. The molecule has 15 heavy (non-hydrogen) atoms. The van der Waals surface area contributed by atoms with Gasteiger partial charge in [-0.1, -0.05) is 13.8 Å². The molecule has 0 spiro atoms. The van der Waals surface area contributed by atoms with Gasteiger partial charge in [-0.2, -0.15) is 0 Å². The average Bonchev–Trinajstić information content (AvgIpc) is 2.27. The highest BCUT2D eigenvalue weighted by molar-refractivity contribution is 5.40. The van der Waals surface area contributed by atoms with E-state index in [1.165, 1.54) is 6.07 Å². The zero-order valence-corrected chi connectivity index (χ0v) is 9.51. The van der Waals surface area contributed by atoms with Gasteiger partial charge in [0.05, 0.1) is 7.11 Å². The largest absolute Gasteiger partial charge is 0.496 e. The molecule has 0 radical (unpaired) electrons. The van der Waals surface area contributed by atoms with Crippen molar-refractivity contribution in [3.63, 3.8) is 0 Å². The summed E-state index contributed by atoms with van der Waals surface area (Å²) in [4.78, 5) is 0. The highest BCUT2D eigenvalue weighted by atomic mass is 19.1. The first-order valence-electron chi connectivity index (χ1n) is 5.20. The Hall–Kier alpha value is -1.09. The minimum absolute atomic E-state index is 0.186. The molecule has 0 saturated carbocycles. The van der Waals surface area contributed by atoms with Gasteiger partial charge >= 0.3 is 0 Å². The molecular formula is C12H18FNO. The van der Waals surface area contributed by atoms with E-state index in [4.69, 9.17) is 10.5 Å². The fourth-order valence-electron chi connectivity index (χ4n) is 1.58. The Morgan fingerprint density at radius 1 is 1.47 bits per heavy atom. The number of rotatable bonds is 4. The second-order valence-corrected chi connectivity index (χ2v) is 3.68. The van der Waals surface area contributed by atoms with E-state index < -0.39 is 0 Å². The van der Waals surface area contributed by atoms with Crippen molar-refractivity contribution in [3.8, 4) is 5.75 Å². The van der Waals surface area contributed by atoms with Crippen molar-refractivity contribution in [1.82, 2.24) is 0 Å². The Balaban J connectivity index is 3.22. The summed E-state index contributed by atoms with van der Waals surface area (Å²) in [5.41, 5.74) is 7.31. The molecule has 2 nitrogen and oxygen atoms in total. The summed E-state index contributed by atoms with van der Waals surface area (Å²) in [6.45, 7) is 4.47. The molecule has 3 heteroatoms. The minimum Gasteiger partial charge on any atom is -0.496 e. The van der Waals surface area contributed by atoms with Crippen molar-refractivity contribution in [2.75, 3.05) is 13.7 Å². The predicted molar refractivity (Wildman–Crippen MR) is 59.8 cm³/mol. The molecule has 0 heterocycles. The van der Waals surface area contributed by atoms with E-state index in [0.717, 1.165) is 5.56 Å². The maximum Gasteiger partial charge on any atom is 0.130 e. The third-order valence-electron chi connectivity index (χ3n) is 2.66. The van der Waals surface area contributed by atoms with E-state index in [9.17, 15) is 4.39 Å². The lowest BCUT2D eigenvalue weighted by Crippen LogP contribution is -2.11. The number of hydrogen-bond donors (Lipinski definition) is 1. The molecule has 1 rings (SSSR count). The van der Waals surface area contributed by atoms with Crippen LogP contribution < -0.4 is 10.5 Å². The number of nitrogens with two attached hydrogens (primary N) is 1. The van der Waals surface area contributed by atoms with Gasteiger partial charge in [-0.25, -0.2) is 4.39 Å². The van der Waals surface area contributed by atoms with Crippen LogP contribution in [0.5, 0.6) is 5.75 Å². The normalized spacial score (nSPS) is 12.6. The Morgan fingerprint density at radius 3 is 2.60 bits per heavy atom. The standard InChI is InChI=1S/C12H18FNO/c1-4-9-5-10(8(2)7-14)12(15-3)6-11(9)13/h5-6,8H,4,7,14H2,1-3H3. The van der Waals surface area contributed by atoms with Gasteiger partial charge < -0.3 is 10.5 Å². The number of aryl methyl sites for hydroxylation is 1. The molecule has 0 saturated heterocycles. The number of ether oxygens (including phenoxy) is 1. The molecule has 2 N–H and O–H groups in total. The summed E-state index contributed by atoms with van der Waals surface area (Å²) in [5, 5.41) is 0. The smallest absolute Gasteiger partial charge is 0.130 e. The molecule has 1 aromatic carbocycles. The fourth-order valence-corrected chi connectivity index (χ4v) is 1.58. The minimum atomic E-state index is -0.206. The van der Waals surface area contributed by atoms with Crippen LogP contribution in [-0.2, 0) is 6.42 Å². The van der Waals surface area contributed by atoms with Gasteiger partial charge in [-0.15, -0.1) is 0 Å². The van der Waals surface area contributed by atoms with Crippen molar-refractivity contribution < 1.29 is 9.13 Å². The van der Waals surface area contributed by atoms with Crippen LogP contribution in [0.2, 0.25) is 0 Å². The van der Waals surface area contributed by atoms with E-state index >= 15 is 0 Å². The molecule has 0 aliphatic rings. The summed E-state index contributed by atoms with van der Waals surface area (Å²) in [5.74, 6) is 0.566. The number of methoxy groups -OCH3 is 1. The molecule has 0 aromatic heterocycles. The van der Waals surface area contributed by atoms with Gasteiger partial charge in [0.25, 0.3) is 0 Å². The number of benzene rings is 1. The summed E-state index contributed by atoms with van der Waals surface area (Å²) in [6, 6.07) is 3.30. The number of halogens is 1. The van der Waals surface area contributed by atoms with Crippen molar-refractivity contribution in [2.45, 2.75) is 26.2 Å². The van der Waals surface area contributed by atoms with E-state index in [0.29, 0.717) is 24.3 Å². The maximum atomic E-state index is 13.5. The van der Waals surface area contributed by atoms with Gasteiger partial charge in [0.1, 0.15) is 11.6 Å². The molecule has 0 bridgehead atoms. The van der Waals surface area contributed by atoms with Crippen LogP contribution >= 0.6 is 0 Å². The summed E-state index contributed by atoms with van der Waals surface area (Å²) >= 11 is 0. The number of hydrogen-bond acceptors (Lipinski definition) is 2. The van der Waals surface area contributed by atoms with Crippen LogP contribution in [-0.4, -0.2) is 13.7 Å². The predicted octanol–water partition coefficient (Wildman–Crippen LogP) is 2.46. The Bertz CT molecular complexity index is 339. The molecule has 1 aromatic rings. The summed E-state index contributed by atoms with van der Waals surface area (Å²) in [6.07, 6.45) is 0.681. The van der Waals surface area contributed by atoms with Gasteiger partial charge in [-0.05, 0) is 36.1 Å². The van der Waals surface area contributed by atoms with E-state index in [1.54, 1.807) is 7.11 Å². The quantitative estimate of drug-likeness (QED) is 0.830. The lowest BCUT2D eigenvalue weighted by molar-refractivity contribution is 0.402. The Morgan fingerprint density at radius 2 is 2.13 bits per heavy atom. The van der Waals surface area contributed by atoms with E-state index in [2.05, 4.69) is 0 Å². The summed E-state index contributed by atoms with van der Waals surface area (Å²) in [7, 11) is 1.55. The zero-order valence-electron chi connectivity index (χ0n) is 9.51. The highest BCUT2D eigenvalue weighted by Crippen LogP contribution is 2.29. The monoisotopic (exact) mass is 211 g/mol. The van der Waals surface area contributed by atoms with Crippen LogP contribution in [0.15, 0.2) is 12.1 Å². The zero-order chi connectivity index (χ0) is 11.4. The molecule has 0 aliphatic heterocycles. The third kappa shape index (κ3) is 2.48.